The van der Waals surface area contributed by atoms with Crippen molar-refractivity contribution in [3.8, 4) is 0 Å². The van der Waals surface area contributed by atoms with Crippen molar-refractivity contribution in [1.29, 1.82) is 0 Å². The van der Waals surface area contributed by atoms with Crippen LogP contribution in [0, 0.1) is 15.9 Å². The van der Waals surface area contributed by atoms with Crippen LogP contribution in [-0.2, 0) is 0 Å². The lowest BCUT2D eigenvalue weighted by molar-refractivity contribution is -0.385. The second-order valence-electron chi connectivity index (χ2n) is 4.09. The van der Waals surface area contributed by atoms with Crippen molar-refractivity contribution in [2.45, 2.75) is 0 Å². The molecule has 1 amide bonds. The minimum absolute atomic E-state index is 0.00881. The summed E-state index contributed by atoms with van der Waals surface area (Å²) in [5, 5.41) is 15.8. The highest BCUT2D eigenvalue weighted by Gasteiger charge is 2.13. The molecule has 0 fully saturated rings. The van der Waals surface area contributed by atoms with Crippen molar-refractivity contribution in [1.82, 2.24) is 4.98 Å². The first-order valence-corrected chi connectivity index (χ1v) is 5.90. The summed E-state index contributed by atoms with van der Waals surface area (Å²) in [6.07, 6.45) is 1.44. The Hall–Kier alpha value is -3.03. The zero-order valence-electron chi connectivity index (χ0n) is 11.0. The highest BCUT2D eigenvalue weighted by atomic mass is 19.1. The van der Waals surface area contributed by atoms with E-state index in [1.54, 1.807) is 7.05 Å². The third-order valence-electron chi connectivity index (χ3n) is 2.63. The first-order valence-electron chi connectivity index (χ1n) is 5.90. The van der Waals surface area contributed by atoms with Gasteiger partial charge in [0.05, 0.1) is 16.7 Å². The Morgan fingerprint density at radius 3 is 2.76 bits per heavy atom. The smallest absolute Gasteiger partial charge is 0.274 e. The van der Waals surface area contributed by atoms with Crippen LogP contribution in [0.3, 0.4) is 0 Å². The predicted octanol–water partition coefficient (Wildman–Crippen LogP) is 2.42. The molecule has 2 N–H and O–H groups in total. The minimum atomic E-state index is -0.801. The first kappa shape index (κ1) is 14.4. The number of anilines is 2. The highest BCUT2D eigenvalue weighted by Crippen LogP contribution is 2.20. The van der Waals surface area contributed by atoms with Gasteiger partial charge in [-0.3, -0.25) is 14.9 Å². The number of halogens is 1. The third-order valence-corrected chi connectivity index (χ3v) is 2.63. The maximum atomic E-state index is 13.3. The van der Waals surface area contributed by atoms with Gasteiger partial charge in [-0.05, 0) is 18.2 Å². The van der Waals surface area contributed by atoms with E-state index < -0.39 is 22.3 Å². The molecular formula is C13H11FN4O3. The fourth-order valence-corrected chi connectivity index (χ4v) is 1.66. The van der Waals surface area contributed by atoms with E-state index in [1.807, 2.05) is 0 Å². The number of pyridine rings is 1. The third kappa shape index (κ3) is 3.50. The summed E-state index contributed by atoms with van der Waals surface area (Å²) < 4.78 is 13.3. The van der Waals surface area contributed by atoms with Gasteiger partial charge in [-0.25, -0.2) is 9.37 Å². The lowest BCUT2D eigenvalue weighted by Gasteiger charge is -2.06. The van der Waals surface area contributed by atoms with E-state index in [2.05, 4.69) is 15.6 Å². The molecule has 0 spiro atoms. The Labute approximate surface area is 119 Å². The Bertz CT molecular complexity index is 706. The molecule has 2 aromatic rings. The molecule has 21 heavy (non-hydrogen) atoms. The van der Waals surface area contributed by atoms with E-state index in [1.165, 1.54) is 18.3 Å². The van der Waals surface area contributed by atoms with Gasteiger partial charge in [0.1, 0.15) is 11.6 Å². The summed E-state index contributed by atoms with van der Waals surface area (Å²) in [6, 6.07) is 5.85. The molecule has 0 atom stereocenters. The van der Waals surface area contributed by atoms with Gasteiger partial charge in [0.2, 0.25) is 0 Å². The van der Waals surface area contributed by atoms with Gasteiger partial charge < -0.3 is 10.6 Å². The van der Waals surface area contributed by atoms with Crippen molar-refractivity contribution >= 4 is 23.1 Å². The molecule has 1 heterocycles. The molecule has 0 aliphatic rings. The molecule has 0 unspecified atom stereocenters. The number of hydrogen-bond donors (Lipinski definition) is 2. The van der Waals surface area contributed by atoms with Gasteiger partial charge in [0.25, 0.3) is 11.6 Å². The van der Waals surface area contributed by atoms with Crippen molar-refractivity contribution in [2.24, 2.45) is 0 Å². The first-order chi connectivity index (χ1) is 9.99. The van der Waals surface area contributed by atoms with Crippen molar-refractivity contribution < 1.29 is 14.1 Å². The Morgan fingerprint density at radius 2 is 2.10 bits per heavy atom. The fraction of sp³-hybridized carbons (Fsp3) is 0.0769. The van der Waals surface area contributed by atoms with Crippen LogP contribution in [-0.4, -0.2) is 22.9 Å². The van der Waals surface area contributed by atoms with Gasteiger partial charge in [-0.1, -0.05) is 0 Å². The van der Waals surface area contributed by atoms with Crippen LogP contribution in [0.2, 0.25) is 0 Å². The SMILES string of the molecule is CNc1cc(C(=O)Nc2cc(F)cc([N+](=O)[O-])c2)ccn1. The Balaban J connectivity index is 2.24. The van der Waals surface area contributed by atoms with Crippen molar-refractivity contribution in [3.05, 3.63) is 58.0 Å². The molecule has 0 bridgehead atoms. The zero-order valence-corrected chi connectivity index (χ0v) is 11.0. The molecule has 0 aliphatic heterocycles. The molecule has 0 radical (unpaired) electrons. The van der Waals surface area contributed by atoms with E-state index in [4.69, 9.17) is 0 Å². The Kier molecular flexibility index (Phi) is 4.07. The van der Waals surface area contributed by atoms with Crippen LogP contribution in [0.15, 0.2) is 36.5 Å². The van der Waals surface area contributed by atoms with Crippen LogP contribution < -0.4 is 10.6 Å². The predicted molar refractivity (Wildman–Crippen MR) is 74.8 cm³/mol. The van der Waals surface area contributed by atoms with E-state index >= 15 is 0 Å². The van der Waals surface area contributed by atoms with E-state index in [-0.39, 0.29) is 5.69 Å². The summed E-state index contributed by atoms with van der Waals surface area (Å²) in [4.78, 5) is 25.9. The quantitative estimate of drug-likeness (QED) is 0.665. The average molecular weight is 290 g/mol. The lowest BCUT2D eigenvalue weighted by atomic mass is 10.2. The number of amides is 1. The molecule has 1 aromatic carbocycles. The van der Waals surface area contributed by atoms with Gasteiger partial charge in [-0.2, -0.15) is 0 Å². The summed E-state index contributed by atoms with van der Waals surface area (Å²) in [6.45, 7) is 0. The van der Waals surface area contributed by atoms with E-state index in [0.717, 1.165) is 18.2 Å². The normalized spacial score (nSPS) is 10.0. The van der Waals surface area contributed by atoms with Crippen molar-refractivity contribution in [3.63, 3.8) is 0 Å². The highest BCUT2D eigenvalue weighted by molar-refractivity contribution is 6.04. The summed E-state index contributed by atoms with van der Waals surface area (Å²) in [7, 11) is 1.65. The second kappa shape index (κ2) is 5.95. The van der Waals surface area contributed by atoms with Crippen LogP contribution in [0.4, 0.5) is 21.6 Å². The number of nitrogens with one attached hydrogen (secondary N) is 2. The zero-order chi connectivity index (χ0) is 15.4. The molecule has 108 valence electrons. The average Bonchev–Trinajstić information content (AvgIpc) is 2.46. The number of hydrogen-bond acceptors (Lipinski definition) is 5. The maximum absolute atomic E-state index is 13.3. The van der Waals surface area contributed by atoms with Gasteiger partial charge in [0, 0.05) is 24.9 Å². The number of aromatic nitrogens is 1. The molecule has 7 nitrogen and oxygen atoms in total. The number of carbonyl (C=O) groups is 1. The summed E-state index contributed by atoms with van der Waals surface area (Å²) in [5.41, 5.74) is -0.133. The van der Waals surface area contributed by atoms with Gasteiger partial charge in [-0.15, -0.1) is 0 Å². The molecule has 0 saturated heterocycles. The van der Waals surface area contributed by atoms with Crippen LogP contribution in [0.5, 0.6) is 0 Å². The summed E-state index contributed by atoms with van der Waals surface area (Å²) >= 11 is 0. The number of benzene rings is 1. The van der Waals surface area contributed by atoms with E-state index in [9.17, 15) is 19.3 Å². The number of nitro benzene ring substituents is 1. The number of nitrogens with zero attached hydrogens (tertiary/aromatic N) is 2. The largest absolute Gasteiger partial charge is 0.373 e. The molecule has 2 rings (SSSR count). The topological polar surface area (TPSA) is 97.2 Å². The molecule has 0 saturated carbocycles. The number of carbonyl (C=O) groups excluding carboxylic acids is 1. The number of rotatable bonds is 4. The van der Waals surface area contributed by atoms with Gasteiger partial charge in [0.15, 0.2) is 0 Å². The molecular weight excluding hydrogens is 279 g/mol. The summed E-state index contributed by atoms with van der Waals surface area (Å²) in [5.74, 6) is -0.827. The van der Waals surface area contributed by atoms with Crippen LogP contribution >= 0.6 is 0 Å². The monoisotopic (exact) mass is 290 g/mol. The minimum Gasteiger partial charge on any atom is -0.373 e. The number of non-ortho nitro benzene ring substituents is 1. The molecule has 0 aliphatic carbocycles. The molecule has 1 aromatic heterocycles. The second-order valence-corrected chi connectivity index (χ2v) is 4.09. The van der Waals surface area contributed by atoms with Gasteiger partial charge >= 0.3 is 0 Å². The van der Waals surface area contributed by atoms with E-state index in [0.29, 0.717) is 11.4 Å². The van der Waals surface area contributed by atoms with Crippen LogP contribution in [0.25, 0.3) is 0 Å². The Morgan fingerprint density at radius 1 is 1.33 bits per heavy atom. The molecule has 8 heteroatoms. The fourth-order valence-electron chi connectivity index (χ4n) is 1.66. The lowest BCUT2D eigenvalue weighted by Crippen LogP contribution is -2.12. The standard InChI is InChI=1S/C13H11FN4O3/c1-15-12-4-8(2-3-16-12)13(19)17-10-5-9(14)6-11(7-10)18(20)21/h2-7H,1H3,(H,15,16)(H,17,19). The maximum Gasteiger partial charge on any atom is 0.274 e. The van der Waals surface area contributed by atoms with Crippen LogP contribution in [0.1, 0.15) is 10.4 Å². The van der Waals surface area contributed by atoms with Crippen molar-refractivity contribution in [2.75, 3.05) is 17.7 Å². The number of nitro groups is 1.